The summed E-state index contributed by atoms with van der Waals surface area (Å²) in [5.74, 6) is 4.43. The third-order valence-corrected chi connectivity index (χ3v) is 17.3. The second kappa shape index (κ2) is 9.44. The Hall–Kier alpha value is -0.353. The van der Waals surface area contributed by atoms with E-state index in [1.807, 2.05) is 0 Å². The zero-order valence-electron chi connectivity index (χ0n) is 24.5. The number of aliphatic carboxylic acids is 1. The molecule has 4 fully saturated rings. The summed E-state index contributed by atoms with van der Waals surface area (Å²) in [6, 6.07) is 0. The fourth-order valence-corrected chi connectivity index (χ4v) is 11.0. The molecule has 0 amide bonds. The summed E-state index contributed by atoms with van der Waals surface area (Å²) in [5.41, 5.74) is 0.831. The van der Waals surface area contributed by atoms with Crippen LogP contribution in [0.5, 0.6) is 0 Å². The zero-order chi connectivity index (χ0) is 26.0. The summed E-state index contributed by atoms with van der Waals surface area (Å²) >= 11 is 0. The monoisotopic (exact) mass is 504 g/mol. The van der Waals surface area contributed by atoms with Gasteiger partial charge in [0.05, 0.1) is 0 Å². The number of carbonyl (C=O) groups is 1. The van der Waals surface area contributed by atoms with Gasteiger partial charge >= 0.3 is 5.97 Å². The minimum atomic E-state index is -1.86. The number of fused-ring (bicyclic) bond motifs is 5. The van der Waals surface area contributed by atoms with Gasteiger partial charge in [-0.25, -0.2) is 0 Å². The first-order chi connectivity index (χ1) is 16.1. The van der Waals surface area contributed by atoms with Crippen molar-refractivity contribution in [1.29, 1.82) is 0 Å². The fraction of sp³-hybridized carbons (Fsp3) is 0.968. The van der Waals surface area contributed by atoms with Gasteiger partial charge in [0.25, 0.3) is 0 Å². The van der Waals surface area contributed by atoms with Crippen LogP contribution in [0.15, 0.2) is 0 Å². The third-order valence-electron chi connectivity index (χ3n) is 12.7. The van der Waals surface area contributed by atoms with E-state index in [1.165, 1.54) is 51.4 Å². The van der Waals surface area contributed by atoms with Gasteiger partial charge in [0, 0.05) is 12.5 Å². The predicted octanol–water partition coefficient (Wildman–Crippen LogP) is 8.78. The molecule has 0 aromatic carbocycles. The van der Waals surface area contributed by atoms with Crippen molar-refractivity contribution in [3.8, 4) is 0 Å². The average Bonchev–Trinajstić information content (AvgIpc) is 3.09. The zero-order valence-corrected chi connectivity index (χ0v) is 25.5. The van der Waals surface area contributed by atoms with E-state index in [0.717, 1.165) is 30.1 Å². The van der Waals surface area contributed by atoms with E-state index in [1.54, 1.807) is 0 Å². The first-order valence-electron chi connectivity index (χ1n) is 15.0. The molecule has 4 saturated carbocycles. The van der Waals surface area contributed by atoms with Gasteiger partial charge in [-0.15, -0.1) is 0 Å². The van der Waals surface area contributed by atoms with Gasteiger partial charge in [-0.05, 0) is 122 Å². The minimum Gasteiger partial charge on any atom is -0.481 e. The lowest BCUT2D eigenvalue weighted by Crippen LogP contribution is -2.60. The second-order valence-electron chi connectivity index (χ2n) is 15.7. The van der Waals surface area contributed by atoms with Gasteiger partial charge in [-0.1, -0.05) is 54.9 Å². The third kappa shape index (κ3) is 4.82. The molecule has 3 nitrogen and oxygen atoms in total. The highest BCUT2D eigenvalue weighted by molar-refractivity contribution is 6.74. The van der Waals surface area contributed by atoms with Crippen molar-refractivity contribution < 1.29 is 14.3 Å². The highest BCUT2D eigenvalue weighted by Gasteiger charge is 2.63. The summed E-state index contributed by atoms with van der Waals surface area (Å²) in [4.78, 5) is 11.3. The van der Waals surface area contributed by atoms with Crippen molar-refractivity contribution >= 4 is 14.3 Å². The fourth-order valence-electron chi connectivity index (χ4n) is 9.62. The van der Waals surface area contributed by atoms with Crippen molar-refractivity contribution in [2.45, 2.75) is 137 Å². The van der Waals surface area contributed by atoms with Gasteiger partial charge in [0.1, 0.15) is 0 Å². The molecule has 0 aliphatic heterocycles. The van der Waals surface area contributed by atoms with E-state index in [-0.39, 0.29) is 5.04 Å². The summed E-state index contributed by atoms with van der Waals surface area (Å²) in [7, 11) is -1.86. The molecule has 0 unspecified atom stereocenters. The van der Waals surface area contributed by atoms with E-state index in [0.29, 0.717) is 41.1 Å². The van der Waals surface area contributed by atoms with Gasteiger partial charge in [-0.3, -0.25) is 4.79 Å². The molecular formula is C31H56O3Si. The van der Waals surface area contributed by atoms with Crippen LogP contribution in [0, 0.1) is 52.3 Å². The van der Waals surface area contributed by atoms with Crippen LogP contribution in [0.3, 0.4) is 0 Å². The van der Waals surface area contributed by atoms with E-state index < -0.39 is 14.3 Å². The molecule has 0 aromatic rings. The van der Waals surface area contributed by atoms with Crippen molar-refractivity contribution in [2.24, 2.45) is 52.3 Å². The first kappa shape index (κ1) is 27.7. The van der Waals surface area contributed by atoms with Crippen LogP contribution >= 0.6 is 0 Å². The summed E-state index contributed by atoms with van der Waals surface area (Å²) in [5, 5.41) is 9.55. The Bertz CT molecular complexity index is 787. The summed E-state index contributed by atoms with van der Waals surface area (Å²) < 4.78 is 7.43. The largest absolute Gasteiger partial charge is 0.481 e. The van der Waals surface area contributed by atoms with E-state index >= 15 is 0 Å². The molecule has 4 aliphatic rings. The molecule has 1 N–H and O–H groups in total. The maximum absolute atomic E-state index is 11.3. The van der Waals surface area contributed by atoms with Crippen molar-refractivity contribution in [1.82, 2.24) is 0 Å². The molecule has 0 spiro atoms. The topological polar surface area (TPSA) is 46.5 Å². The Morgan fingerprint density at radius 2 is 1.66 bits per heavy atom. The van der Waals surface area contributed by atoms with Crippen LogP contribution in [0.4, 0.5) is 0 Å². The van der Waals surface area contributed by atoms with E-state index in [2.05, 4.69) is 61.6 Å². The van der Waals surface area contributed by atoms with Crippen LogP contribution in [-0.4, -0.2) is 25.5 Å². The highest BCUT2D eigenvalue weighted by Crippen LogP contribution is 2.69. The molecule has 35 heavy (non-hydrogen) atoms. The van der Waals surface area contributed by atoms with Gasteiger partial charge in [0.2, 0.25) is 0 Å². The molecule has 4 heteroatoms. The smallest absolute Gasteiger partial charge is 0.303 e. The molecule has 0 bridgehead atoms. The molecule has 0 saturated heterocycles. The first-order valence-corrected chi connectivity index (χ1v) is 17.9. The average molecular weight is 505 g/mol. The molecular weight excluding hydrogens is 448 g/mol. The molecule has 4 aliphatic carbocycles. The lowest BCUT2D eigenvalue weighted by atomic mass is 9.43. The van der Waals surface area contributed by atoms with Crippen LogP contribution in [0.2, 0.25) is 18.1 Å². The number of hydrogen-bond donors (Lipinski definition) is 1. The van der Waals surface area contributed by atoms with Gasteiger partial charge < -0.3 is 9.53 Å². The maximum atomic E-state index is 11.3. The lowest BCUT2D eigenvalue weighted by Gasteiger charge is -2.64. The quantitative estimate of drug-likeness (QED) is 0.368. The number of hydrogen-bond acceptors (Lipinski definition) is 2. The molecule has 0 heterocycles. The Labute approximate surface area is 217 Å². The van der Waals surface area contributed by atoms with Gasteiger partial charge in [0.15, 0.2) is 8.32 Å². The minimum absolute atomic E-state index is 0.241. The molecule has 0 radical (unpaired) electrons. The maximum Gasteiger partial charge on any atom is 0.303 e. The van der Waals surface area contributed by atoms with Crippen molar-refractivity contribution in [3.05, 3.63) is 0 Å². The Kier molecular flexibility index (Phi) is 7.46. The number of carboxylic acid groups (broad SMARTS) is 1. The number of rotatable bonds is 6. The summed E-state index contributed by atoms with van der Waals surface area (Å²) in [6.45, 7) is 22.2. The van der Waals surface area contributed by atoms with Crippen LogP contribution < -0.4 is 0 Å². The Morgan fingerprint density at radius 1 is 1.03 bits per heavy atom. The Morgan fingerprint density at radius 3 is 2.29 bits per heavy atom. The van der Waals surface area contributed by atoms with E-state index in [4.69, 9.17) is 4.43 Å². The lowest BCUT2D eigenvalue weighted by molar-refractivity contribution is -0.165. The second-order valence-corrected chi connectivity index (χ2v) is 20.4. The SMILES string of the molecule is C[C@@H]1CC[C@@]2(C)[C@@H](C1)C[C@@H](O[Si](C)(C)C(C)(C)C)[C@@H]1[C@@H]2CC[C@]2(C)[C@@H]([C@H](C)CCC(=O)O)CC[C@@H]12. The normalized spacial score (nSPS) is 44.8. The van der Waals surface area contributed by atoms with Crippen LogP contribution in [-0.2, 0) is 9.22 Å². The molecule has 10 atom stereocenters. The molecule has 4 rings (SSSR count). The number of carboxylic acids is 1. The van der Waals surface area contributed by atoms with Crippen molar-refractivity contribution in [3.63, 3.8) is 0 Å². The summed E-state index contributed by atoms with van der Waals surface area (Å²) in [6.07, 6.45) is 12.4. The van der Waals surface area contributed by atoms with Gasteiger partial charge in [-0.2, -0.15) is 0 Å². The van der Waals surface area contributed by atoms with Crippen molar-refractivity contribution in [2.75, 3.05) is 0 Å². The van der Waals surface area contributed by atoms with Crippen LogP contribution in [0.25, 0.3) is 0 Å². The standard InChI is InChI=1S/C31H56O3Si/c1-20-14-16-30(6)22(18-20)19-26(34-35(8,9)29(3,4)5)28-24-12-11-23(21(2)10-13-27(32)33)31(24,7)17-15-25(28)30/h20-26,28H,10-19H2,1-9H3,(H,32,33)/t20-,21-,22+,23-,24+,25+,26-,28+,30+,31-/m1/s1. The van der Waals surface area contributed by atoms with Crippen LogP contribution in [0.1, 0.15) is 113 Å². The van der Waals surface area contributed by atoms with E-state index in [9.17, 15) is 9.90 Å². The molecule has 0 aromatic heterocycles. The highest BCUT2D eigenvalue weighted by atomic mass is 28.4. The predicted molar refractivity (Wildman–Crippen MR) is 148 cm³/mol. The Balaban J connectivity index is 1.66. The molecule has 202 valence electrons.